The third-order valence-corrected chi connectivity index (χ3v) is 3.99. The van der Waals surface area contributed by atoms with Crippen LogP contribution in [0.2, 0.25) is 0 Å². The van der Waals surface area contributed by atoms with Gasteiger partial charge in [0.2, 0.25) is 0 Å². The number of ketones is 1. The fourth-order valence-electron chi connectivity index (χ4n) is 2.28. The zero-order chi connectivity index (χ0) is 15.7. The lowest BCUT2D eigenvalue weighted by Gasteiger charge is -2.22. The Morgan fingerprint density at radius 3 is 2.57 bits per heavy atom. The lowest BCUT2D eigenvalue weighted by Crippen LogP contribution is -2.38. The monoisotopic (exact) mass is 356 g/mol. The lowest BCUT2D eigenvalue weighted by atomic mass is 10.1. The van der Waals surface area contributed by atoms with Crippen LogP contribution in [0.25, 0.3) is 0 Å². The molecule has 6 heteroatoms. The quantitative estimate of drug-likeness (QED) is 0.825. The standard InChI is InChI=1S/C15H18BrFN2O2/c1-8(2)18-6-9(3)7-19-13-5-12(17)11(16)4-10(13)14(20)15(19)21/h4-5,8-9,18H,6-7H2,1-3H3. The number of carbonyl (C=O) groups excluding carboxylic acids is 2. The van der Waals surface area contributed by atoms with Gasteiger partial charge in [-0.25, -0.2) is 4.39 Å². The predicted molar refractivity (Wildman–Crippen MR) is 83.1 cm³/mol. The molecule has 0 aliphatic carbocycles. The molecule has 1 aliphatic heterocycles. The van der Waals surface area contributed by atoms with E-state index in [-0.39, 0.29) is 16.0 Å². The maximum Gasteiger partial charge on any atom is 0.299 e. The molecule has 0 saturated carbocycles. The summed E-state index contributed by atoms with van der Waals surface area (Å²) in [5.41, 5.74) is 0.624. The van der Waals surface area contributed by atoms with Crippen LogP contribution in [-0.4, -0.2) is 30.8 Å². The third-order valence-electron chi connectivity index (χ3n) is 3.38. The smallest absolute Gasteiger partial charge is 0.299 e. The summed E-state index contributed by atoms with van der Waals surface area (Å²) >= 11 is 3.04. The molecule has 1 aliphatic rings. The average Bonchev–Trinajstić information content (AvgIpc) is 2.63. The Kier molecular flexibility index (Phi) is 4.78. The van der Waals surface area contributed by atoms with E-state index in [1.807, 2.05) is 20.8 Å². The molecule has 1 N–H and O–H groups in total. The van der Waals surface area contributed by atoms with E-state index in [0.29, 0.717) is 18.3 Å². The molecule has 114 valence electrons. The number of anilines is 1. The van der Waals surface area contributed by atoms with Crippen molar-refractivity contribution in [3.8, 4) is 0 Å². The first-order valence-corrected chi connectivity index (χ1v) is 7.69. The van der Waals surface area contributed by atoms with Gasteiger partial charge in [-0.1, -0.05) is 20.8 Å². The summed E-state index contributed by atoms with van der Waals surface area (Å²) in [5.74, 6) is -1.48. The van der Waals surface area contributed by atoms with Crippen molar-refractivity contribution in [2.45, 2.75) is 26.8 Å². The maximum atomic E-state index is 13.7. The molecule has 0 aromatic heterocycles. The second kappa shape index (κ2) is 6.23. The molecule has 0 saturated heterocycles. The lowest BCUT2D eigenvalue weighted by molar-refractivity contribution is -0.114. The van der Waals surface area contributed by atoms with E-state index in [1.165, 1.54) is 17.0 Å². The first-order chi connectivity index (χ1) is 9.81. The van der Waals surface area contributed by atoms with Gasteiger partial charge in [-0.2, -0.15) is 0 Å². The Bertz CT molecular complexity index is 589. The third kappa shape index (κ3) is 3.32. The number of carbonyl (C=O) groups is 2. The van der Waals surface area contributed by atoms with Gasteiger partial charge in [0, 0.05) is 12.6 Å². The van der Waals surface area contributed by atoms with Crippen LogP contribution in [0.1, 0.15) is 31.1 Å². The second-order valence-corrected chi connectivity index (χ2v) is 6.55. The van der Waals surface area contributed by atoms with Gasteiger partial charge >= 0.3 is 0 Å². The normalized spacial score (nSPS) is 15.8. The van der Waals surface area contributed by atoms with Crippen LogP contribution in [0.5, 0.6) is 0 Å². The van der Waals surface area contributed by atoms with Gasteiger partial charge in [0.25, 0.3) is 11.7 Å². The molecule has 1 aromatic rings. The van der Waals surface area contributed by atoms with Gasteiger partial charge in [0.1, 0.15) is 5.82 Å². The summed E-state index contributed by atoms with van der Waals surface area (Å²) in [5, 5.41) is 3.29. The predicted octanol–water partition coefficient (Wildman–Crippen LogP) is 2.75. The highest BCUT2D eigenvalue weighted by Gasteiger charge is 2.37. The van der Waals surface area contributed by atoms with Gasteiger partial charge in [-0.3, -0.25) is 9.59 Å². The minimum atomic E-state index is -0.584. The zero-order valence-corrected chi connectivity index (χ0v) is 13.8. The molecular weight excluding hydrogens is 339 g/mol. The summed E-state index contributed by atoms with van der Waals surface area (Å²) in [6.07, 6.45) is 0. The summed E-state index contributed by atoms with van der Waals surface area (Å²) < 4.78 is 13.9. The first-order valence-electron chi connectivity index (χ1n) is 6.90. The molecule has 2 rings (SSSR count). The fraction of sp³-hybridized carbons (Fsp3) is 0.467. The highest BCUT2D eigenvalue weighted by Crippen LogP contribution is 2.33. The number of nitrogens with one attached hydrogen (secondary N) is 1. The van der Waals surface area contributed by atoms with Crippen molar-refractivity contribution in [2.75, 3.05) is 18.0 Å². The molecule has 1 atom stereocenters. The Morgan fingerprint density at radius 2 is 1.95 bits per heavy atom. The number of hydrogen-bond acceptors (Lipinski definition) is 3. The van der Waals surface area contributed by atoms with Crippen molar-refractivity contribution in [1.29, 1.82) is 0 Å². The molecule has 1 amide bonds. The molecule has 0 spiro atoms. The molecule has 1 aromatic carbocycles. The highest BCUT2D eigenvalue weighted by molar-refractivity contribution is 9.10. The van der Waals surface area contributed by atoms with Crippen molar-refractivity contribution in [1.82, 2.24) is 5.32 Å². The number of hydrogen-bond donors (Lipinski definition) is 1. The van der Waals surface area contributed by atoms with Crippen molar-refractivity contribution < 1.29 is 14.0 Å². The first kappa shape index (κ1) is 16.1. The topological polar surface area (TPSA) is 49.4 Å². The van der Waals surface area contributed by atoms with Crippen molar-refractivity contribution >= 4 is 33.3 Å². The Morgan fingerprint density at radius 1 is 1.29 bits per heavy atom. The van der Waals surface area contributed by atoms with Gasteiger partial charge in [0.05, 0.1) is 15.7 Å². The Hall–Kier alpha value is -1.27. The Balaban J connectivity index is 2.21. The number of amides is 1. The number of halogens is 2. The number of Topliss-reactive ketones (excluding diaryl/α,β-unsaturated/α-hetero) is 1. The minimum absolute atomic E-state index is 0.154. The summed E-state index contributed by atoms with van der Waals surface area (Å²) in [6, 6.07) is 2.97. The molecule has 21 heavy (non-hydrogen) atoms. The number of nitrogens with zero attached hydrogens (tertiary/aromatic N) is 1. The Labute approximate surface area is 131 Å². The SMILES string of the molecule is CC(CNC(C)C)CN1C(=O)C(=O)c2cc(Br)c(F)cc21. The molecule has 4 nitrogen and oxygen atoms in total. The van der Waals surface area contributed by atoms with Gasteiger partial charge < -0.3 is 10.2 Å². The molecule has 1 unspecified atom stereocenters. The zero-order valence-electron chi connectivity index (χ0n) is 12.2. The number of fused-ring (bicyclic) bond motifs is 1. The van der Waals surface area contributed by atoms with E-state index in [9.17, 15) is 14.0 Å². The van der Waals surface area contributed by atoms with Crippen LogP contribution in [0.3, 0.4) is 0 Å². The van der Waals surface area contributed by atoms with Crippen molar-refractivity contribution in [3.05, 3.63) is 28.0 Å². The van der Waals surface area contributed by atoms with Crippen LogP contribution in [0.15, 0.2) is 16.6 Å². The number of benzene rings is 1. The van der Waals surface area contributed by atoms with E-state index in [0.717, 1.165) is 6.54 Å². The fourth-order valence-corrected chi connectivity index (χ4v) is 2.63. The van der Waals surface area contributed by atoms with E-state index in [2.05, 4.69) is 21.2 Å². The highest BCUT2D eigenvalue weighted by atomic mass is 79.9. The molecule has 1 heterocycles. The molecule has 0 bridgehead atoms. The van der Waals surface area contributed by atoms with Crippen LogP contribution in [0, 0.1) is 11.7 Å². The van der Waals surface area contributed by atoms with Crippen LogP contribution < -0.4 is 10.2 Å². The summed E-state index contributed by atoms with van der Waals surface area (Å²) in [7, 11) is 0. The van der Waals surface area contributed by atoms with Crippen LogP contribution in [0.4, 0.5) is 10.1 Å². The molecular formula is C15H18BrFN2O2. The number of rotatable bonds is 5. The summed E-state index contributed by atoms with van der Waals surface area (Å²) in [4.78, 5) is 25.4. The maximum absolute atomic E-state index is 13.7. The van der Waals surface area contributed by atoms with Crippen molar-refractivity contribution in [2.24, 2.45) is 5.92 Å². The molecule has 0 radical (unpaired) electrons. The van der Waals surface area contributed by atoms with E-state index in [4.69, 9.17) is 0 Å². The molecule has 0 fully saturated rings. The largest absolute Gasteiger partial charge is 0.314 e. The van der Waals surface area contributed by atoms with Gasteiger partial charge in [-0.15, -0.1) is 0 Å². The second-order valence-electron chi connectivity index (χ2n) is 5.70. The average molecular weight is 357 g/mol. The summed E-state index contributed by atoms with van der Waals surface area (Å²) in [6.45, 7) is 7.18. The minimum Gasteiger partial charge on any atom is -0.314 e. The van der Waals surface area contributed by atoms with Crippen molar-refractivity contribution in [3.63, 3.8) is 0 Å². The van der Waals surface area contributed by atoms with Crippen LogP contribution in [-0.2, 0) is 4.79 Å². The van der Waals surface area contributed by atoms with Gasteiger partial charge in [-0.05, 0) is 40.5 Å². The van der Waals surface area contributed by atoms with E-state index >= 15 is 0 Å². The van der Waals surface area contributed by atoms with Crippen LogP contribution >= 0.6 is 15.9 Å². The van der Waals surface area contributed by atoms with E-state index < -0.39 is 17.5 Å². The van der Waals surface area contributed by atoms with E-state index in [1.54, 1.807) is 0 Å². The van der Waals surface area contributed by atoms with Gasteiger partial charge in [0.15, 0.2) is 0 Å².